The SMILES string of the molecule is CCCNCC1CCC(C)CC1Cc1cccc(F)c1F. The highest BCUT2D eigenvalue weighted by Crippen LogP contribution is 2.36. The summed E-state index contributed by atoms with van der Waals surface area (Å²) < 4.78 is 27.3. The Hall–Kier alpha value is -0.960. The number of halogens is 2. The van der Waals surface area contributed by atoms with Crippen LogP contribution in [0.5, 0.6) is 0 Å². The third-order valence-electron chi connectivity index (χ3n) is 4.75. The Morgan fingerprint density at radius 3 is 2.76 bits per heavy atom. The molecule has 3 unspecified atom stereocenters. The maximum absolute atomic E-state index is 13.9. The van der Waals surface area contributed by atoms with Crippen LogP contribution in [-0.4, -0.2) is 13.1 Å². The molecule has 3 heteroatoms. The van der Waals surface area contributed by atoms with Gasteiger partial charge in [0, 0.05) is 0 Å². The first-order valence-electron chi connectivity index (χ1n) is 8.25. The number of nitrogens with one attached hydrogen (secondary N) is 1. The zero-order valence-corrected chi connectivity index (χ0v) is 13.2. The molecule has 2 rings (SSSR count). The highest BCUT2D eigenvalue weighted by Gasteiger charge is 2.29. The van der Waals surface area contributed by atoms with Crippen LogP contribution in [0.4, 0.5) is 8.78 Å². The van der Waals surface area contributed by atoms with Crippen LogP contribution in [0.3, 0.4) is 0 Å². The molecule has 0 radical (unpaired) electrons. The smallest absolute Gasteiger partial charge is 0.162 e. The van der Waals surface area contributed by atoms with Gasteiger partial charge >= 0.3 is 0 Å². The predicted molar refractivity (Wildman–Crippen MR) is 83.2 cm³/mol. The van der Waals surface area contributed by atoms with Crippen molar-refractivity contribution >= 4 is 0 Å². The van der Waals surface area contributed by atoms with Gasteiger partial charge in [-0.15, -0.1) is 0 Å². The van der Waals surface area contributed by atoms with Gasteiger partial charge in [0.2, 0.25) is 0 Å². The van der Waals surface area contributed by atoms with E-state index in [0.29, 0.717) is 29.7 Å². The predicted octanol–water partition coefficient (Wildman–Crippen LogP) is 4.56. The van der Waals surface area contributed by atoms with Crippen molar-refractivity contribution in [3.05, 3.63) is 35.4 Å². The second-order valence-electron chi connectivity index (χ2n) is 6.56. The summed E-state index contributed by atoms with van der Waals surface area (Å²) in [4.78, 5) is 0. The van der Waals surface area contributed by atoms with Crippen LogP contribution in [-0.2, 0) is 6.42 Å². The molecule has 0 amide bonds. The molecule has 1 aromatic rings. The molecular formula is C18H27F2N. The molecule has 118 valence electrons. The summed E-state index contributed by atoms with van der Waals surface area (Å²) in [5.41, 5.74) is 0.537. The lowest BCUT2D eigenvalue weighted by molar-refractivity contribution is 0.182. The molecule has 0 aliphatic heterocycles. The lowest BCUT2D eigenvalue weighted by Crippen LogP contribution is -2.34. The van der Waals surface area contributed by atoms with Crippen LogP contribution in [0.15, 0.2) is 18.2 Å². The van der Waals surface area contributed by atoms with Crippen molar-refractivity contribution in [2.75, 3.05) is 13.1 Å². The van der Waals surface area contributed by atoms with Gasteiger partial charge < -0.3 is 5.32 Å². The lowest BCUT2D eigenvalue weighted by Gasteiger charge is -2.35. The number of hydrogen-bond donors (Lipinski definition) is 1. The molecule has 1 aromatic carbocycles. The first-order valence-corrected chi connectivity index (χ1v) is 8.25. The molecule has 3 atom stereocenters. The third kappa shape index (κ3) is 4.50. The summed E-state index contributed by atoms with van der Waals surface area (Å²) >= 11 is 0. The fraction of sp³-hybridized carbons (Fsp3) is 0.667. The largest absolute Gasteiger partial charge is 0.316 e. The van der Waals surface area contributed by atoms with Crippen molar-refractivity contribution in [1.82, 2.24) is 5.32 Å². The fourth-order valence-corrected chi connectivity index (χ4v) is 3.53. The first-order chi connectivity index (χ1) is 10.1. The van der Waals surface area contributed by atoms with Crippen LogP contribution in [0.1, 0.15) is 45.1 Å². The van der Waals surface area contributed by atoms with E-state index in [1.54, 1.807) is 12.1 Å². The lowest BCUT2D eigenvalue weighted by atomic mass is 9.72. The fourth-order valence-electron chi connectivity index (χ4n) is 3.53. The van der Waals surface area contributed by atoms with Gasteiger partial charge in [-0.1, -0.05) is 32.4 Å². The summed E-state index contributed by atoms with van der Waals surface area (Å²) in [7, 11) is 0. The number of rotatable bonds is 6. The average molecular weight is 295 g/mol. The van der Waals surface area contributed by atoms with E-state index in [1.165, 1.54) is 18.9 Å². The molecule has 1 aliphatic carbocycles. The highest BCUT2D eigenvalue weighted by atomic mass is 19.2. The van der Waals surface area contributed by atoms with Crippen LogP contribution >= 0.6 is 0 Å². The van der Waals surface area contributed by atoms with E-state index >= 15 is 0 Å². The van der Waals surface area contributed by atoms with Gasteiger partial charge in [0.1, 0.15) is 0 Å². The van der Waals surface area contributed by atoms with E-state index in [4.69, 9.17) is 0 Å². The minimum Gasteiger partial charge on any atom is -0.316 e. The van der Waals surface area contributed by atoms with Crippen molar-refractivity contribution < 1.29 is 8.78 Å². The van der Waals surface area contributed by atoms with E-state index in [9.17, 15) is 8.78 Å². The van der Waals surface area contributed by atoms with Crippen molar-refractivity contribution in [1.29, 1.82) is 0 Å². The molecule has 1 fully saturated rings. The van der Waals surface area contributed by atoms with Gasteiger partial charge in [0.25, 0.3) is 0 Å². The van der Waals surface area contributed by atoms with Crippen LogP contribution in [0.2, 0.25) is 0 Å². The van der Waals surface area contributed by atoms with Gasteiger partial charge in [0.05, 0.1) is 0 Å². The van der Waals surface area contributed by atoms with E-state index in [2.05, 4.69) is 19.2 Å². The maximum atomic E-state index is 13.9. The first kappa shape index (κ1) is 16.4. The Balaban J connectivity index is 2.03. The zero-order chi connectivity index (χ0) is 15.2. The Morgan fingerprint density at radius 2 is 2.00 bits per heavy atom. The van der Waals surface area contributed by atoms with Gasteiger partial charge in [0.15, 0.2) is 11.6 Å². The van der Waals surface area contributed by atoms with Crippen LogP contribution in [0.25, 0.3) is 0 Å². The minimum atomic E-state index is -0.725. The van der Waals surface area contributed by atoms with Crippen molar-refractivity contribution in [3.63, 3.8) is 0 Å². The summed E-state index contributed by atoms with van der Waals surface area (Å²) in [6, 6.07) is 4.54. The number of benzene rings is 1. The van der Waals surface area contributed by atoms with Crippen molar-refractivity contribution in [3.8, 4) is 0 Å². The molecule has 0 spiro atoms. The van der Waals surface area contributed by atoms with E-state index < -0.39 is 11.6 Å². The Morgan fingerprint density at radius 1 is 1.19 bits per heavy atom. The van der Waals surface area contributed by atoms with E-state index in [1.807, 2.05) is 0 Å². The minimum absolute atomic E-state index is 0.453. The van der Waals surface area contributed by atoms with Crippen molar-refractivity contribution in [2.45, 2.75) is 46.0 Å². The van der Waals surface area contributed by atoms with Gasteiger partial charge in [-0.3, -0.25) is 0 Å². The van der Waals surface area contributed by atoms with E-state index in [-0.39, 0.29) is 0 Å². The standard InChI is InChI=1S/C18H27F2N/c1-3-9-21-12-15-8-7-13(2)10-16(15)11-14-5-4-6-17(19)18(14)20/h4-6,13,15-16,21H,3,7-12H2,1-2H3. The molecular weight excluding hydrogens is 268 g/mol. The molecule has 1 nitrogen and oxygen atoms in total. The molecule has 1 saturated carbocycles. The average Bonchev–Trinajstić information content (AvgIpc) is 2.46. The van der Waals surface area contributed by atoms with Gasteiger partial charge in [-0.25, -0.2) is 8.78 Å². The Labute approximate surface area is 127 Å². The zero-order valence-electron chi connectivity index (χ0n) is 13.2. The molecule has 0 saturated heterocycles. The second-order valence-corrected chi connectivity index (χ2v) is 6.56. The van der Waals surface area contributed by atoms with Crippen LogP contribution < -0.4 is 5.32 Å². The van der Waals surface area contributed by atoms with Gasteiger partial charge in [-0.05, 0) is 68.2 Å². The van der Waals surface area contributed by atoms with Crippen LogP contribution in [0, 0.1) is 29.4 Å². The normalized spacial score (nSPS) is 26.0. The Bertz CT molecular complexity index is 447. The summed E-state index contributed by atoms with van der Waals surface area (Å²) in [5.74, 6) is 0.340. The molecule has 0 bridgehead atoms. The molecule has 0 aromatic heterocycles. The molecule has 1 aliphatic rings. The highest BCUT2D eigenvalue weighted by molar-refractivity contribution is 5.19. The quantitative estimate of drug-likeness (QED) is 0.759. The summed E-state index contributed by atoms with van der Waals surface area (Å²) in [6.45, 7) is 6.47. The topological polar surface area (TPSA) is 12.0 Å². The second kappa shape index (κ2) is 7.88. The maximum Gasteiger partial charge on any atom is 0.162 e. The third-order valence-corrected chi connectivity index (χ3v) is 4.75. The number of hydrogen-bond acceptors (Lipinski definition) is 1. The Kier molecular flexibility index (Phi) is 6.16. The molecule has 0 heterocycles. The van der Waals surface area contributed by atoms with E-state index in [0.717, 1.165) is 25.9 Å². The summed E-state index contributed by atoms with van der Waals surface area (Å²) in [5, 5.41) is 3.49. The molecule has 21 heavy (non-hydrogen) atoms. The van der Waals surface area contributed by atoms with Gasteiger partial charge in [-0.2, -0.15) is 0 Å². The monoisotopic (exact) mass is 295 g/mol. The van der Waals surface area contributed by atoms with Crippen molar-refractivity contribution in [2.24, 2.45) is 17.8 Å². The molecule has 1 N–H and O–H groups in total. The summed E-state index contributed by atoms with van der Waals surface area (Å²) in [6.07, 6.45) is 5.35.